The lowest BCUT2D eigenvalue weighted by Crippen LogP contribution is -2.57. The van der Waals surface area contributed by atoms with Gasteiger partial charge < -0.3 is 15.1 Å². The smallest absolute Gasteiger partial charge is 0.229 e. The second-order valence-electron chi connectivity index (χ2n) is 7.59. The zero-order valence-corrected chi connectivity index (χ0v) is 16.2. The molecule has 27 heavy (non-hydrogen) atoms. The predicted octanol–water partition coefficient (Wildman–Crippen LogP) is -0.157. The predicted molar refractivity (Wildman–Crippen MR) is 106 cm³/mol. The van der Waals surface area contributed by atoms with E-state index in [1.807, 2.05) is 26.0 Å². The Bertz CT molecular complexity index is 855. The number of carbonyl (C=O) groups is 1. The van der Waals surface area contributed by atoms with Crippen LogP contribution in [-0.4, -0.2) is 82.1 Å². The molecule has 2 saturated heterocycles. The fourth-order valence-electron chi connectivity index (χ4n) is 4.32. The molecule has 0 bridgehead atoms. The van der Waals surface area contributed by atoms with E-state index in [1.165, 1.54) is 11.3 Å². The van der Waals surface area contributed by atoms with Gasteiger partial charge in [-0.2, -0.15) is 9.61 Å². The molecule has 144 valence electrons. The number of rotatable bonds is 2. The van der Waals surface area contributed by atoms with Gasteiger partial charge in [-0.1, -0.05) is 12.8 Å². The molecular weight excluding hydrogens is 362 g/mol. The average molecular weight is 388 g/mol. The molecule has 3 aliphatic rings. The Morgan fingerprint density at radius 2 is 1.93 bits per heavy atom. The van der Waals surface area contributed by atoms with Gasteiger partial charge in [0.15, 0.2) is 5.65 Å². The maximum atomic E-state index is 12.8. The number of hydrogen-bond donors (Lipinski definition) is 2. The molecule has 5 rings (SSSR count). The lowest BCUT2D eigenvalue weighted by molar-refractivity contribution is -0.137. The van der Waals surface area contributed by atoms with Crippen LogP contribution in [0.15, 0.2) is 12.3 Å². The SMILES string of the molecule is O=C(C1CN(c2c3c(nc4ccnn24)CCNCC3)C1)N1CCN(S)CC1. The largest absolute Gasteiger partial charge is 0.354 e. The first-order chi connectivity index (χ1) is 13.2. The standard InChI is InChI=1S/C18H25N7OS/c26-18(22-7-9-24(27)10-8-22)13-11-23(12-13)17-14-1-4-19-5-2-15(14)21-16-3-6-20-25(16)17/h3,6,13,19,27H,1-2,4-5,7-12H2. The number of nitrogens with one attached hydrogen (secondary N) is 1. The molecule has 2 aromatic heterocycles. The first kappa shape index (κ1) is 17.3. The van der Waals surface area contributed by atoms with Gasteiger partial charge >= 0.3 is 0 Å². The molecule has 0 atom stereocenters. The summed E-state index contributed by atoms with van der Waals surface area (Å²) in [5, 5.41) is 7.97. The Balaban J connectivity index is 1.37. The van der Waals surface area contributed by atoms with Gasteiger partial charge in [0, 0.05) is 63.9 Å². The van der Waals surface area contributed by atoms with E-state index in [-0.39, 0.29) is 11.8 Å². The fraction of sp³-hybridized carbons (Fsp3) is 0.611. The van der Waals surface area contributed by atoms with Gasteiger partial charge in [0.2, 0.25) is 5.91 Å². The third kappa shape index (κ3) is 3.07. The summed E-state index contributed by atoms with van der Waals surface area (Å²) in [6, 6.07) is 1.96. The van der Waals surface area contributed by atoms with Crippen LogP contribution in [0.25, 0.3) is 5.65 Å². The highest BCUT2D eigenvalue weighted by Crippen LogP contribution is 2.32. The van der Waals surface area contributed by atoms with E-state index in [1.54, 1.807) is 0 Å². The first-order valence-electron chi connectivity index (χ1n) is 9.74. The molecule has 0 spiro atoms. The second kappa shape index (κ2) is 6.96. The number of aromatic nitrogens is 3. The van der Waals surface area contributed by atoms with Gasteiger partial charge in [-0.25, -0.2) is 9.29 Å². The number of hydrogen-bond acceptors (Lipinski definition) is 7. The van der Waals surface area contributed by atoms with E-state index in [2.05, 4.69) is 28.1 Å². The van der Waals surface area contributed by atoms with E-state index in [0.717, 1.165) is 76.7 Å². The molecule has 0 radical (unpaired) electrons. The minimum Gasteiger partial charge on any atom is -0.354 e. The number of piperazine rings is 1. The normalized spacial score (nSPS) is 21.8. The summed E-state index contributed by atoms with van der Waals surface area (Å²) < 4.78 is 3.93. The zero-order chi connectivity index (χ0) is 18.4. The minimum atomic E-state index is 0.0785. The third-order valence-electron chi connectivity index (χ3n) is 5.88. The summed E-state index contributed by atoms with van der Waals surface area (Å²) in [5.74, 6) is 1.49. The highest BCUT2D eigenvalue weighted by atomic mass is 32.1. The summed E-state index contributed by atoms with van der Waals surface area (Å²) >= 11 is 4.37. The number of fused-ring (bicyclic) bond motifs is 2. The summed E-state index contributed by atoms with van der Waals surface area (Å²) in [5.41, 5.74) is 3.35. The van der Waals surface area contributed by atoms with Crippen LogP contribution in [0.1, 0.15) is 11.3 Å². The molecule has 0 aromatic carbocycles. The van der Waals surface area contributed by atoms with E-state index < -0.39 is 0 Å². The zero-order valence-electron chi connectivity index (χ0n) is 15.3. The maximum absolute atomic E-state index is 12.8. The van der Waals surface area contributed by atoms with Crippen LogP contribution in [0.4, 0.5) is 5.82 Å². The molecule has 0 aliphatic carbocycles. The van der Waals surface area contributed by atoms with Crippen molar-refractivity contribution >= 4 is 30.2 Å². The highest BCUT2D eigenvalue weighted by Gasteiger charge is 2.38. The van der Waals surface area contributed by atoms with Crippen molar-refractivity contribution in [2.45, 2.75) is 12.8 Å². The number of anilines is 1. The van der Waals surface area contributed by atoms with E-state index >= 15 is 0 Å². The van der Waals surface area contributed by atoms with Gasteiger partial charge in [0.05, 0.1) is 17.8 Å². The minimum absolute atomic E-state index is 0.0785. The van der Waals surface area contributed by atoms with Gasteiger partial charge in [0.25, 0.3) is 0 Å². The van der Waals surface area contributed by atoms with Crippen molar-refractivity contribution in [3.8, 4) is 0 Å². The molecule has 2 aromatic rings. The molecule has 8 nitrogen and oxygen atoms in total. The van der Waals surface area contributed by atoms with Crippen LogP contribution in [0.5, 0.6) is 0 Å². The molecule has 1 amide bonds. The Kier molecular flexibility index (Phi) is 4.45. The fourth-order valence-corrected chi connectivity index (χ4v) is 4.50. The number of carbonyl (C=O) groups excluding carboxylic acids is 1. The van der Waals surface area contributed by atoms with Gasteiger partial charge in [-0.3, -0.25) is 4.79 Å². The molecule has 9 heteroatoms. The monoisotopic (exact) mass is 387 g/mol. The van der Waals surface area contributed by atoms with Crippen molar-refractivity contribution < 1.29 is 4.79 Å². The molecule has 0 saturated carbocycles. The lowest BCUT2D eigenvalue weighted by Gasteiger charge is -2.44. The maximum Gasteiger partial charge on any atom is 0.229 e. The van der Waals surface area contributed by atoms with E-state index in [0.29, 0.717) is 0 Å². The first-order valence-corrected chi connectivity index (χ1v) is 10.1. The third-order valence-corrected chi connectivity index (χ3v) is 6.28. The van der Waals surface area contributed by atoms with Gasteiger partial charge in [0.1, 0.15) is 5.82 Å². The van der Waals surface area contributed by atoms with Crippen molar-refractivity contribution in [1.29, 1.82) is 0 Å². The topological polar surface area (TPSA) is 69.0 Å². The molecule has 2 fully saturated rings. The number of nitrogens with zero attached hydrogens (tertiary/aromatic N) is 6. The van der Waals surface area contributed by atoms with E-state index in [4.69, 9.17) is 4.98 Å². The summed E-state index contributed by atoms with van der Waals surface area (Å²) in [6.45, 7) is 6.67. The van der Waals surface area contributed by atoms with E-state index in [9.17, 15) is 4.79 Å². The van der Waals surface area contributed by atoms with Crippen LogP contribution in [0.3, 0.4) is 0 Å². The van der Waals surface area contributed by atoms with Crippen molar-refractivity contribution in [3.05, 3.63) is 23.5 Å². The molecule has 3 aliphatic heterocycles. The van der Waals surface area contributed by atoms with Crippen molar-refractivity contribution in [3.63, 3.8) is 0 Å². The van der Waals surface area contributed by atoms with Crippen molar-refractivity contribution in [2.24, 2.45) is 5.92 Å². The lowest BCUT2D eigenvalue weighted by atomic mass is 9.96. The van der Waals surface area contributed by atoms with Gasteiger partial charge in [-0.15, -0.1) is 0 Å². The summed E-state index contributed by atoms with van der Waals surface area (Å²) in [7, 11) is 0. The Labute approximate surface area is 164 Å². The van der Waals surface area contributed by atoms with Crippen molar-refractivity contribution in [2.75, 3.05) is 57.3 Å². The van der Waals surface area contributed by atoms with Crippen molar-refractivity contribution in [1.82, 2.24) is 29.1 Å². The van der Waals surface area contributed by atoms with Crippen LogP contribution < -0.4 is 10.2 Å². The summed E-state index contributed by atoms with van der Waals surface area (Å²) in [6.07, 6.45) is 3.70. The Morgan fingerprint density at radius 3 is 2.74 bits per heavy atom. The Hall–Kier alpha value is -1.84. The van der Waals surface area contributed by atoms with Gasteiger partial charge in [-0.05, 0) is 13.0 Å². The summed E-state index contributed by atoms with van der Waals surface area (Å²) in [4.78, 5) is 22.0. The Morgan fingerprint density at radius 1 is 1.15 bits per heavy atom. The quantitative estimate of drug-likeness (QED) is 0.698. The second-order valence-corrected chi connectivity index (χ2v) is 8.16. The number of thiol groups is 1. The molecule has 1 N–H and O–H groups in total. The van der Waals surface area contributed by atoms with Crippen LogP contribution in [-0.2, 0) is 17.6 Å². The average Bonchev–Trinajstić information content (AvgIpc) is 2.97. The highest BCUT2D eigenvalue weighted by molar-refractivity contribution is 7.77. The molecule has 5 heterocycles. The molecule has 0 unspecified atom stereocenters. The van der Waals surface area contributed by atoms with Crippen LogP contribution in [0.2, 0.25) is 0 Å². The van der Waals surface area contributed by atoms with Crippen LogP contribution >= 0.6 is 12.8 Å². The number of amides is 1. The van der Waals surface area contributed by atoms with Crippen LogP contribution in [0, 0.1) is 5.92 Å². The molecular formula is C18H25N7OS.